The lowest BCUT2D eigenvalue weighted by atomic mass is 9.92. The van der Waals surface area contributed by atoms with Gasteiger partial charge in [-0.25, -0.2) is 0 Å². The quantitative estimate of drug-likeness (QED) is 0.126. The number of aromatic nitrogens is 2. The minimum Gasteiger partial charge on any atom is -0.310 e. The SMILES string of the molecule is c1ccc(-c2ccc(N(c3ccc(-c4ccccc4)cc3)c3cccc(-c4cc(-c5ccc6c(c5)c5ccccc5n6-c5ccccc5)cc(-c5ccc6c(c5)c5ccccc5n6-c5ccc(-c6ccccc6)cc5)c4)c3)cc2)cc1. The van der Waals surface area contributed by atoms with Crippen molar-refractivity contribution in [2.75, 3.05) is 4.90 Å². The fourth-order valence-electron chi connectivity index (χ4n) is 12.1. The molecule has 0 unspecified atom stereocenters. The van der Waals surface area contributed by atoms with Crippen molar-refractivity contribution in [2.45, 2.75) is 0 Å². The number of para-hydroxylation sites is 3. The van der Waals surface area contributed by atoms with E-state index in [4.69, 9.17) is 0 Å². The summed E-state index contributed by atoms with van der Waals surface area (Å²) < 4.78 is 4.80. The molecule has 380 valence electrons. The smallest absolute Gasteiger partial charge is 0.0541 e. The van der Waals surface area contributed by atoms with E-state index in [1.807, 2.05) is 0 Å². The zero-order chi connectivity index (χ0) is 53.6. The highest BCUT2D eigenvalue weighted by Gasteiger charge is 2.19. The van der Waals surface area contributed by atoms with E-state index in [2.05, 4.69) is 336 Å². The maximum absolute atomic E-state index is 2.41. The van der Waals surface area contributed by atoms with E-state index in [0.717, 1.165) is 61.8 Å². The molecule has 0 saturated carbocycles. The molecule has 3 heteroatoms. The van der Waals surface area contributed by atoms with Gasteiger partial charge in [0.25, 0.3) is 0 Å². The molecule has 2 heterocycles. The molecule has 3 nitrogen and oxygen atoms in total. The summed E-state index contributed by atoms with van der Waals surface area (Å²) >= 11 is 0. The van der Waals surface area contributed by atoms with Gasteiger partial charge in [0.15, 0.2) is 0 Å². The molecule has 0 atom stereocenters. The molecule has 0 saturated heterocycles. The van der Waals surface area contributed by atoms with E-state index in [-0.39, 0.29) is 0 Å². The number of hydrogen-bond donors (Lipinski definition) is 0. The van der Waals surface area contributed by atoms with E-state index in [1.54, 1.807) is 0 Å². The summed E-state index contributed by atoms with van der Waals surface area (Å²) in [4.78, 5) is 2.38. The van der Waals surface area contributed by atoms with Gasteiger partial charge < -0.3 is 14.0 Å². The summed E-state index contributed by atoms with van der Waals surface area (Å²) in [6.45, 7) is 0. The highest BCUT2D eigenvalue weighted by molar-refractivity contribution is 6.12. The van der Waals surface area contributed by atoms with Gasteiger partial charge >= 0.3 is 0 Å². The van der Waals surface area contributed by atoms with Crippen LogP contribution in [0.5, 0.6) is 0 Å². The van der Waals surface area contributed by atoms with Crippen molar-refractivity contribution in [3.63, 3.8) is 0 Å². The first kappa shape index (κ1) is 47.5. The highest BCUT2D eigenvalue weighted by atomic mass is 15.1. The molecule has 0 aliphatic heterocycles. The van der Waals surface area contributed by atoms with Gasteiger partial charge in [-0.3, -0.25) is 0 Å². The van der Waals surface area contributed by atoms with Crippen molar-refractivity contribution >= 4 is 60.7 Å². The van der Waals surface area contributed by atoms with E-state index in [0.29, 0.717) is 0 Å². The van der Waals surface area contributed by atoms with Crippen LogP contribution in [-0.2, 0) is 0 Å². The van der Waals surface area contributed by atoms with Crippen LogP contribution in [0.1, 0.15) is 0 Å². The number of fused-ring (bicyclic) bond motifs is 6. The second-order valence-electron chi connectivity index (χ2n) is 20.9. The summed E-state index contributed by atoms with van der Waals surface area (Å²) in [5.74, 6) is 0. The van der Waals surface area contributed by atoms with Crippen molar-refractivity contribution in [1.29, 1.82) is 0 Å². The van der Waals surface area contributed by atoms with Crippen LogP contribution in [0.4, 0.5) is 17.1 Å². The third-order valence-corrected chi connectivity index (χ3v) is 16.1. The minimum absolute atomic E-state index is 1.07. The van der Waals surface area contributed by atoms with Crippen LogP contribution in [0, 0.1) is 0 Å². The van der Waals surface area contributed by atoms with Crippen molar-refractivity contribution in [1.82, 2.24) is 9.13 Å². The first-order chi connectivity index (χ1) is 40.1. The molecule has 0 aliphatic carbocycles. The van der Waals surface area contributed by atoms with Gasteiger partial charge in [-0.1, -0.05) is 206 Å². The van der Waals surface area contributed by atoms with E-state index >= 15 is 0 Å². The fourth-order valence-corrected chi connectivity index (χ4v) is 12.1. The van der Waals surface area contributed by atoms with Crippen LogP contribution >= 0.6 is 0 Å². The zero-order valence-corrected chi connectivity index (χ0v) is 44.4. The molecule has 2 aromatic heterocycles. The van der Waals surface area contributed by atoms with Crippen LogP contribution in [0.3, 0.4) is 0 Å². The Kier molecular flexibility index (Phi) is 11.9. The Balaban J connectivity index is 0.891. The van der Waals surface area contributed by atoms with Gasteiger partial charge in [0.05, 0.1) is 22.1 Å². The van der Waals surface area contributed by atoms with Gasteiger partial charge in [-0.15, -0.1) is 0 Å². The number of benzene rings is 13. The number of anilines is 3. The monoisotopic (exact) mass is 1030 g/mol. The number of hydrogen-bond acceptors (Lipinski definition) is 1. The van der Waals surface area contributed by atoms with Gasteiger partial charge in [-0.05, 0) is 182 Å². The second kappa shape index (κ2) is 20.2. The Hall–Kier alpha value is -10.7. The topological polar surface area (TPSA) is 13.1 Å². The maximum atomic E-state index is 2.41. The van der Waals surface area contributed by atoms with Crippen molar-refractivity contribution in [3.8, 4) is 78.1 Å². The van der Waals surface area contributed by atoms with Crippen LogP contribution < -0.4 is 4.90 Å². The molecule has 0 fully saturated rings. The lowest BCUT2D eigenvalue weighted by molar-refractivity contribution is 1.18. The highest BCUT2D eigenvalue weighted by Crippen LogP contribution is 2.43. The van der Waals surface area contributed by atoms with Gasteiger partial charge in [0.2, 0.25) is 0 Å². The Morgan fingerprint density at radius 3 is 0.938 bits per heavy atom. The largest absolute Gasteiger partial charge is 0.310 e. The van der Waals surface area contributed by atoms with Crippen LogP contribution in [0.2, 0.25) is 0 Å². The molecular weight excluding hydrogens is 979 g/mol. The molecule has 0 N–H and O–H groups in total. The molecule has 13 aromatic carbocycles. The van der Waals surface area contributed by atoms with Crippen molar-refractivity contribution in [3.05, 3.63) is 322 Å². The lowest BCUT2D eigenvalue weighted by Crippen LogP contribution is -2.10. The van der Waals surface area contributed by atoms with Crippen LogP contribution in [-0.4, -0.2) is 9.13 Å². The molecule has 0 bridgehead atoms. The Bertz CT molecular complexity index is 4670. The maximum Gasteiger partial charge on any atom is 0.0541 e. The Morgan fingerprint density at radius 2 is 0.494 bits per heavy atom. The number of rotatable bonds is 11. The number of nitrogens with zero attached hydrogens (tertiary/aromatic N) is 3. The summed E-state index contributed by atoms with van der Waals surface area (Å²) in [6.07, 6.45) is 0. The molecule has 0 radical (unpaired) electrons. The van der Waals surface area contributed by atoms with Crippen LogP contribution in [0.25, 0.3) is 122 Å². The molecule has 81 heavy (non-hydrogen) atoms. The summed E-state index contributed by atoms with van der Waals surface area (Å²) in [6, 6.07) is 117. The van der Waals surface area contributed by atoms with Gasteiger partial charge in [0, 0.05) is 50.0 Å². The predicted molar refractivity (Wildman–Crippen MR) is 342 cm³/mol. The van der Waals surface area contributed by atoms with E-state index in [1.165, 1.54) is 77.0 Å². The molecule has 0 amide bonds. The Labute approximate surface area is 471 Å². The van der Waals surface area contributed by atoms with E-state index in [9.17, 15) is 0 Å². The predicted octanol–water partition coefficient (Wildman–Crippen LogP) is 21.4. The normalized spacial score (nSPS) is 11.5. The van der Waals surface area contributed by atoms with E-state index < -0.39 is 0 Å². The molecule has 15 rings (SSSR count). The lowest BCUT2D eigenvalue weighted by Gasteiger charge is -2.26. The van der Waals surface area contributed by atoms with Gasteiger partial charge in [0.1, 0.15) is 0 Å². The second-order valence-corrected chi connectivity index (χ2v) is 20.9. The third-order valence-electron chi connectivity index (χ3n) is 16.1. The molecule has 0 aliphatic rings. The van der Waals surface area contributed by atoms with Crippen molar-refractivity contribution in [2.24, 2.45) is 0 Å². The molecule has 0 spiro atoms. The Morgan fingerprint density at radius 1 is 0.173 bits per heavy atom. The summed E-state index contributed by atoms with van der Waals surface area (Å²) in [7, 11) is 0. The molecule has 15 aromatic rings. The summed E-state index contributed by atoms with van der Waals surface area (Å²) in [5, 5.41) is 4.89. The minimum atomic E-state index is 1.07. The fraction of sp³-hybridized carbons (Fsp3) is 0. The first-order valence-corrected chi connectivity index (χ1v) is 27.8. The molecular formula is C78H53N3. The average molecular weight is 1030 g/mol. The average Bonchev–Trinajstić information content (AvgIpc) is 4.12. The summed E-state index contributed by atoms with van der Waals surface area (Å²) in [5.41, 5.74) is 24.3. The standard InChI is InChI=1S/C78H53N3/c1-5-18-54(19-6-1)57-32-40-67(41-33-57)79(68-42-34-58(35-43-68)55-20-7-2-8-21-55)70-27-17-24-60(51-70)63-48-64(61-38-46-77-73(52-61)71-28-13-15-30-75(71)80(77)66-25-11-4-12-26-66)50-65(49-63)62-39-47-78-74(53-62)72-29-14-16-31-76(72)81(78)69-44-36-59(37-45-69)56-22-9-3-10-23-56/h1-53H. The van der Waals surface area contributed by atoms with Crippen molar-refractivity contribution < 1.29 is 0 Å². The van der Waals surface area contributed by atoms with Gasteiger partial charge in [-0.2, -0.15) is 0 Å². The van der Waals surface area contributed by atoms with Crippen LogP contribution in [0.15, 0.2) is 322 Å². The third kappa shape index (κ3) is 8.75. The first-order valence-electron chi connectivity index (χ1n) is 27.8. The zero-order valence-electron chi connectivity index (χ0n) is 44.4.